The molecule has 1 heterocycles. The summed E-state index contributed by atoms with van der Waals surface area (Å²) in [6.07, 6.45) is 2.32. The minimum atomic E-state index is -1.14. The van der Waals surface area contributed by atoms with Gasteiger partial charge in [0.05, 0.1) is 4.92 Å². The molecule has 1 aliphatic heterocycles. The van der Waals surface area contributed by atoms with Crippen molar-refractivity contribution < 1.29 is 13.7 Å². The second-order valence-electron chi connectivity index (χ2n) is 4.42. The quantitative estimate of drug-likeness (QED) is 0.668. The van der Waals surface area contributed by atoms with Crippen molar-refractivity contribution in [1.82, 2.24) is 5.32 Å². The number of nitrogens with zero attached hydrogens (tertiary/aromatic N) is 1. The molecule has 0 amide bonds. The molecule has 1 saturated heterocycles. The van der Waals surface area contributed by atoms with Gasteiger partial charge in [0.25, 0.3) is 0 Å². The largest absolute Gasteiger partial charge is 0.311 e. The summed E-state index contributed by atoms with van der Waals surface area (Å²) in [6.45, 7) is 0.902. The van der Waals surface area contributed by atoms with Gasteiger partial charge < -0.3 is 5.32 Å². The lowest BCUT2D eigenvalue weighted by Crippen LogP contribution is -2.23. The van der Waals surface area contributed by atoms with Crippen LogP contribution in [0, 0.1) is 21.7 Å². The number of nitrogens with one attached hydrogen (secondary N) is 1. The molecule has 1 N–H and O–H groups in total. The molecule has 1 aliphatic rings. The van der Waals surface area contributed by atoms with E-state index in [9.17, 15) is 18.9 Å². The van der Waals surface area contributed by atoms with Crippen LogP contribution in [-0.2, 0) is 6.54 Å². The summed E-state index contributed by atoms with van der Waals surface area (Å²) in [5.74, 6) is -0.754. The molecule has 104 valence electrons. The Labute approximate surface area is 113 Å². The number of hydrogen-bond donors (Lipinski definition) is 1. The van der Waals surface area contributed by atoms with E-state index in [1.807, 2.05) is 11.8 Å². The predicted octanol–water partition coefficient (Wildman–Crippen LogP) is 2.86. The fraction of sp³-hybridized carbons (Fsp3) is 0.500. The first kappa shape index (κ1) is 14.2. The number of halogens is 2. The van der Waals surface area contributed by atoms with Crippen LogP contribution in [0.3, 0.4) is 0 Å². The zero-order chi connectivity index (χ0) is 13.8. The van der Waals surface area contributed by atoms with Crippen molar-refractivity contribution >= 4 is 17.4 Å². The van der Waals surface area contributed by atoms with Crippen LogP contribution in [0.15, 0.2) is 12.1 Å². The van der Waals surface area contributed by atoms with Gasteiger partial charge in [-0.1, -0.05) is 0 Å². The number of thioether (sulfide) groups is 1. The Kier molecular flexibility index (Phi) is 4.71. The SMILES string of the molecule is O=[N+]([O-])c1cc(CNCC2CCCS2)c(F)cc1F. The summed E-state index contributed by atoms with van der Waals surface area (Å²) in [5.41, 5.74) is -0.565. The highest BCUT2D eigenvalue weighted by molar-refractivity contribution is 8.00. The summed E-state index contributed by atoms with van der Waals surface area (Å²) < 4.78 is 26.6. The molecule has 7 heteroatoms. The number of benzene rings is 1. The number of nitro benzene ring substituents is 1. The molecule has 2 rings (SSSR count). The number of rotatable bonds is 5. The Morgan fingerprint density at radius 1 is 1.42 bits per heavy atom. The minimum absolute atomic E-state index is 0.121. The van der Waals surface area contributed by atoms with Gasteiger partial charge >= 0.3 is 5.69 Å². The molecule has 19 heavy (non-hydrogen) atoms. The van der Waals surface area contributed by atoms with Crippen molar-refractivity contribution in [2.45, 2.75) is 24.6 Å². The first-order chi connectivity index (χ1) is 9.08. The molecule has 0 radical (unpaired) electrons. The summed E-state index contributed by atoms with van der Waals surface area (Å²) in [4.78, 5) is 9.75. The zero-order valence-corrected chi connectivity index (χ0v) is 11.0. The Bertz CT molecular complexity index is 479. The monoisotopic (exact) mass is 288 g/mol. The van der Waals surface area contributed by atoms with Gasteiger partial charge in [-0.15, -0.1) is 0 Å². The highest BCUT2D eigenvalue weighted by Gasteiger charge is 2.19. The molecule has 0 aliphatic carbocycles. The van der Waals surface area contributed by atoms with Gasteiger partial charge in [-0.05, 0) is 18.6 Å². The molecule has 1 unspecified atom stereocenters. The maximum Gasteiger partial charge on any atom is 0.305 e. The summed E-state index contributed by atoms with van der Waals surface area (Å²) in [5, 5.41) is 14.2. The highest BCUT2D eigenvalue weighted by Crippen LogP contribution is 2.25. The third kappa shape index (κ3) is 3.63. The van der Waals surface area contributed by atoms with Crippen LogP contribution >= 0.6 is 11.8 Å². The predicted molar refractivity (Wildman–Crippen MR) is 70.2 cm³/mol. The van der Waals surface area contributed by atoms with Crippen molar-refractivity contribution in [3.63, 3.8) is 0 Å². The zero-order valence-electron chi connectivity index (χ0n) is 10.2. The smallest absolute Gasteiger partial charge is 0.305 e. The van der Waals surface area contributed by atoms with Crippen molar-refractivity contribution in [2.24, 2.45) is 0 Å². The van der Waals surface area contributed by atoms with E-state index in [0.29, 0.717) is 11.3 Å². The van der Waals surface area contributed by atoms with E-state index in [4.69, 9.17) is 0 Å². The number of hydrogen-bond acceptors (Lipinski definition) is 4. The van der Waals surface area contributed by atoms with E-state index >= 15 is 0 Å². The Hall–Kier alpha value is -1.21. The molecule has 0 bridgehead atoms. The van der Waals surface area contributed by atoms with Gasteiger partial charge in [-0.2, -0.15) is 16.2 Å². The van der Waals surface area contributed by atoms with Crippen molar-refractivity contribution in [1.29, 1.82) is 0 Å². The molecule has 1 aromatic rings. The molecular formula is C12H14F2N2O2S. The first-order valence-electron chi connectivity index (χ1n) is 6.02. The van der Waals surface area contributed by atoms with E-state index < -0.39 is 22.2 Å². The standard InChI is InChI=1S/C12H14F2N2O2S/c13-10-5-11(14)12(16(17)18)4-8(10)6-15-7-9-2-1-3-19-9/h4-5,9,15H,1-3,6-7H2. The maximum atomic E-state index is 13.5. The molecule has 1 aromatic carbocycles. The minimum Gasteiger partial charge on any atom is -0.311 e. The van der Waals surface area contributed by atoms with E-state index in [1.165, 1.54) is 6.42 Å². The van der Waals surface area contributed by atoms with Gasteiger partial charge in [0.15, 0.2) is 0 Å². The molecular weight excluding hydrogens is 274 g/mol. The molecule has 1 atom stereocenters. The summed E-state index contributed by atoms with van der Waals surface area (Å²) in [7, 11) is 0. The van der Waals surface area contributed by atoms with E-state index in [-0.39, 0.29) is 12.1 Å². The second-order valence-corrected chi connectivity index (χ2v) is 5.83. The van der Waals surface area contributed by atoms with Gasteiger partial charge in [0.2, 0.25) is 5.82 Å². The van der Waals surface area contributed by atoms with E-state index in [0.717, 1.165) is 24.8 Å². The summed E-state index contributed by atoms with van der Waals surface area (Å²) >= 11 is 1.87. The Morgan fingerprint density at radius 3 is 2.84 bits per heavy atom. The third-order valence-corrected chi connectivity index (χ3v) is 4.42. The molecule has 0 aromatic heterocycles. The van der Waals surface area contributed by atoms with E-state index in [2.05, 4.69) is 5.32 Å². The van der Waals surface area contributed by atoms with Crippen LogP contribution in [0.2, 0.25) is 0 Å². The fourth-order valence-corrected chi connectivity index (χ4v) is 3.27. The maximum absolute atomic E-state index is 13.5. The molecule has 0 saturated carbocycles. The average molecular weight is 288 g/mol. The average Bonchev–Trinajstić information content (AvgIpc) is 2.84. The molecule has 0 spiro atoms. The van der Waals surface area contributed by atoms with Crippen molar-refractivity contribution in [2.75, 3.05) is 12.3 Å². The normalized spacial score (nSPS) is 18.7. The highest BCUT2D eigenvalue weighted by atomic mass is 32.2. The first-order valence-corrected chi connectivity index (χ1v) is 7.07. The lowest BCUT2D eigenvalue weighted by molar-refractivity contribution is -0.387. The second kappa shape index (κ2) is 6.29. The fourth-order valence-electron chi connectivity index (χ4n) is 2.03. The molecule has 1 fully saturated rings. The van der Waals surface area contributed by atoms with Crippen LogP contribution in [0.1, 0.15) is 18.4 Å². The van der Waals surface area contributed by atoms with Gasteiger partial charge in [-0.3, -0.25) is 10.1 Å². The van der Waals surface area contributed by atoms with Crippen LogP contribution in [-0.4, -0.2) is 22.5 Å². The lowest BCUT2D eigenvalue weighted by atomic mass is 10.1. The van der Waals surface area contributed by atoms with Crippen LogP contribution in [0.5, 0.6) is 0 Å². The van der Waals surface area contributed by atoms with Crippen LogP contribution in [0.25, 0.3) is 0 Å². The van der Waals surface area contributed by atoms with Gasteiger partial charge in [0, 0.05) is 36.0 Å². The van der Waals surface area contributed by atoms with Gasteiger partial charge in [0.1, 0.15) is 5.82 Å². The number of nitro groups is 1. The van der Waals surface area contributed by atoms with Gasteiger partial charge in [-0.25, -0.2) is 4.39 Å². The summed E-state index contributed by atoms with van der Waals surface area (Å²) in [6, 6.07) is 1.53. The Morgan fingerprint density at radius 2 is 2.21 bits per heavy atom. The Balaban J connectivity index is 1.98. The van der Waals surface area contributed by atoms with Crippen LogP contribution in [0.4, 0.5) is 14.5 Å². The topological polar surface area (TPSA) is 55.2 Å². The van der Waals surface area contributed by atoms with Crippen molar-refractivity contribution in [3.8, 4) is 0 Å². The van der Waals surface area contributed by atoms with E-state index in [1.54, 1.807) is 0 Å². The molecule has 4 nitrogen and oxygen atoms in total. The van der Waals surface area contributed by atoms with Crippen LogP contribution < -0.4 is 5.32 Å². The third-order valence-electron chi connectivity index (χ3n) is 3.02. The van der Waals surface area contributed by atoms with Crippen molar-refractivity contribution in [3.05, 3.63) is 39.4 Å². The lowest BCUT2D eigenvalue weighted by Gasteiger charge is -2.10.